The van der Waals surface area contributed by atoms with Gasteiger partial charge in [-0.25, -0.2) is 0 Å². The minimum atomic E-state index is -0.358. The summed E-state index contributed by atoms with van der Waals surface area (Å²) in [5, 5.41) is 0. The minimum Gasteiger partial charge on any atom is -0.373 e. The number of carbonyl (C=O) groups excluding carboxylic acids is 2. The van der Waals surface area contributed by atoms with E-state index in [9.17, 15) is 9.59 Å². The maximum Gasteiger partial charge on any atom is 0.233 e. The van der Waals surface area contributed by atoms with Crippen LogP contribution in [-0.4, -0.2) is 48.1 Å². The third-order valence-corrected chi connectivity index (χ3v) is 8.08. The SMILES string of the molecule is CC(=O)N(c1ccccc1)[C@@H]1COC2(CCN(C(=O)C3(c4ccccc4)CCCC3)CC2)C1. The number of amides is 2. The molecular weight excluding hydrogens is 412 g/mol. The predicted molar refractivity (Wildman–Crippen MR) is 129 cm³/mol. The highest BCUT2D eigenvalue weighted by molar-refractivity contribution is 5.92. The first-order chi connectivity index (χ1) is 16.0. The molecule has 1 spiro atoms. The first-order valence-corrected chi connectivity index (χ1v) is 12.4. The highest BCUT2D eigenvalue weighted by Crippen LogP contribution is 2.45. The van der Waals surface area contributed by atoms with Gasteiger partial charge in [-0.05, 0) is 49.8 Å². The van der Waals surface area contributed by atoms with E-state index in [1.165, 1.54) is 5.56 Å². The van der Waals surface area contributed by atoms with E-state index in [-0.39, 0.29) is 23.0 Å². The van der Waals surface area contributed by atoms with E-state index >= 15 is 0 Å². The summed E-state index contributed by atoms with van der Waals surface area (Å²) in [6.07, 6.45) is 6.61. The largest absolute Gasteiger partial charge is 0.373 e. The molecule has 2 aromatic rings. The van der Waals surface area contributed by atoms with E-state index in [0.29, 0.717) is 12.5 Å². The third-order valence-electron chi connectivity index (χ3n) is 8.08. The summed E-state index contributed by atoms with van der Waals surface area (Å²) in [5.41, 5.74) is 1.50. The highest BCUT2D eigenvalue weighted by atomic mass is 16.5. The van der Waals surface area contributed by atoms with Gasteiger partial charge in [0.2, 0.25) is 11.8 Å². The van der Waals surface area contributed by atoms with Gasteiger partial charge < -0.3 is 14.5 Å². The molecule has 0 unspecified atom stereocenters. The predicted octanol–water partition coefficient (Wildman–Crippen LogP) is 4.70. The van der Waals surface area contributed by atoms with Gasteiger partial charge in [0, 0.05) is 25.7 Å². The molecule has 5 rings (SSSR count). The Morgan fingerprint density at radius 3 is 2.12 bits per heavy atom. The standard InChI is InChI=1S/C28H34N2O3/c1-22(31)30(24-12-6-3-7-13-24)25-20-27(33-21-25)16-18-29(19-17-27)26(32)28(14-8-9-15-28)23-10-4-2-5-11-23/h2-7,10-13,25H,8-9,14-21H2,1H3/t25-/m0/s1. The number of carbonyl (C=O) groups is 2. The molecular formula is C28H34N2O3. The molecule has 5 heteroatoms. The van der Waals surface area contributed by atoms with Crippen LogP contribution in [0.4, 0.5) is 5.69 Å². The lowest BCUT2D eigenvalue weighted by molar-refractivity contribution is -0.142. The maximum atomic E-state index is 13.8. The zero-order valence-corrected chi connectivity index (χ0v) is 19.5. The summed E-state index contributed by atoms with van der Waals surface area (Å²) < 4.78 is 6.38. The van der Waals surface area contributed by atoms with Gasteiger partial charge >= 0.3 is 0 Å². The zero-order valence-electron chi connectivity index (χ0n) is 19.5. The third kappa shape index (κ3) is 4.08. The molecule has 0 aromatic heterocycles. The van der Waals surface area contributed by atoms with Crippen LogP contribution < -0.4 is 4.90 Å². The zero-order chi connectivity index (χ0) is 22.9. The van der Waals surface area contributed by atoms with Gasteiger partial charge in [0.05, 0.1) is 23.7 Å². The molecule has 5 nitrogen and oxygen atoms in total. The lowest BCUT2D eigenvalue weighted by Crippen LogP contribution is -2.52. The number of hydrogen-bond donors (Lipinski definition) is 0. The monoisotopic (exact) mass is 446 g/mol. The van der Waals surface area contributed by atoms with Crippen molar-refractivity contribution in [2.75, 3.05) is 24.6 Å². The van der Waals surface area contributed by atoms with Crippen molar-refractivity contribution < 1.29 is 14.3 Å². The number of piperidine rings is 1. The molecule has 0 N–H and O–H groups in total. The van der Waals surface area contributed by atoms with Gasteiger partial charge in [-0.15, -0.1) is 0 Å². The Bertz CT molecular complexity index is 977. The van der Waals surface area contributed by atoms with Crippen molar-refractivity contribution in [2.45, 2.75) is 68.9 Å². The topological polar surface area (TPSA) is 49.9 Å². The lowest BCUT2D eigenvalue weighted by atomic mass is 9.76. The summed E-state index contributed by atoms with van der Waals surface area (Å²) in [5.74, 6) is 0.343. The molecule has 1 aliphatic carbocycles. The maximum absolute atomic E-state index is 13.8. The van der Waals surface area contributed by atoms with Crippen LogP contribution in [0.2, 0.25) is 0 Å². The van der Waals surface area contributed by atoms with Crippen LogP contribution in [0.1, 0.15) is 57.4 Å². The Morgan fingerprint density at radius 2 is 1.52 bits per heavy atom. The van der Waals surface area contributed by atoms with Crippen molar-refractivity contribution in [1.82, 2.24) is 4.90 Å². The molecule has 174 valence electrons. The average molecular weight is 447 g/mol. The van der Waals surface area contributed by atoms with Crippen LogP contribution in [0, 0.1) is 0 Å². The number of benzene rings is 2. The average Bonchev–Trinajstić information content (AvgIpc) is 3.49. The molecule has 2 aliphatic heterocycles. The Morgan fingerprint density at radius 1 is 0.909 bits per heavy atom. The van der Waals surface area contributed by atoms with Crippen LogP contribution in [0.5, 0.6) is 0 Å². The Kier molecular flexibility index (Phi) is 6.00. The molecule has 3 aliphatic rings. The summed E-state index contributed by atoms with van der Waals surface area (Å²) in [7, 11) is 0. The van der Waals surface area contributed by atoms with Crippen LogP contribution in [0.25, 0.3) is 0 Å². The van der Waals surface area contributed by atoms with E-state index in [1.54, 1.807) is 6.92 Å². The quantitative estimate of drug-likeness (QED) is 0.684. The van der Waals surface area contributed by atoms with E-state index in [1.807, 2.05) is 53.4 Å². The minimum absolute atomic E-state index is 0.0395. The summed E-state index contributed by atoms with van der Waals surface area (Å²) in [6, 6.07) is 20.3. The van der Waals surface area contributed by atoms with Crippen molar-refractivity contribution in [2.24, 2.45) is 0 Å². The van der Waals surface area contributed by atoms with Gasteiger partial charge in [0.15, 0.2) is 0 Å². The Balaban J connectivity index is 1.27. The van der Waals surface area contributed by atoms with E-state index in [4.69, 9.17) is 4.74 Å². The van der Waals surface area contributed by atoms with Gasteiger partial charge in [0.25, 0.3) is 0 Å². The van der Waals surface area contributed by atoms with Gasteiger partial charge in [0.1, 0.15) is 0 Å². The lowest BCUT2D eigenvalue weighted by Gasteiger charge is -2.42. The molecule has 1 atom stereocenters. The first-order valence-electron chi connectivity index (χ1n) is 12.4. The molecule has 2 amide bonds. The van der Waals surface area contributed by atoms with Gasteiger partial charge in [-0.3, -0.25) is 9.59 Å². The molecule has 2 aromatic carbocycles. The fraction of sp³-hybridized carbons (Fsp3) is 0.500. The van der Waals surface area contributed by atoms with Crippen molar-refractivity contribution in [3.63, 3.8) is 0 Å². The van der Waals surface area contributed by atoms with Crippen molar-refractivity contribution in [3.05, 3.63) is 66.2 Å². The Hall–Kier alpha value is -2.66. The molecule has 33 heavy (non-hydrogen) atoms. The number of para-hydroxylation sites is 1. The van der Waals surface area contributed by atoms with Crippen molar-refractivity contribution in [3.8, 4) is 0 Å². The molecule has 3 fully saturated rings. The normalized spacial score (nSPS) is 23.5. The van der Waals surface area contributed by atoms with Crippen molar-refractivity contribution in [1.29, 1.82) is 0 Å². The Labute approximate surface area is 196 Å². The van der Waals surface area contributed by atoms with E-state index in [0.717, 1.165) is 63.7 Å². The van der Waals surface area contributed by atoms with Gasteiger partial charge in [-0.2, -0.15) is 0 Å². The summed E-state index contributed by atoms with van der Waals surface area (Å²) in [4.78, 5) is 30.3. The van der Waals surface area contributed by atoms with Crippen LogP contribution in [-0.2, 0) is 19.7 Å². The van der Waals surface area contributed by atoms with Crippen LogP contribution in [0.3, 0.4) is 0 Å². The highest BCUT2D eigenvalue weighted by Gasteiger charge is 2.49. The number of nitrogens with zero attached hydrogens (tertiary/aromatic N) is 2. The van der Waals surface area contributed by atoms with Crippen molar-refractivity contribution >= 4 is 17.5 Å². The molecule has 2 saturated heterocycles. The van der Waals surface area contributed by atoms with E-state index in [2.05, 4.69) is 17.0 Å². The second-order valence-corrected chi connectivity index (χ2v) is 10.0. The first kappa shape index (κ1) is 22.1. The number of rotatable bonds is 4. The van der Waals surface area contributed by atoms with Crippen LogP contribution >= 0.6 is 0 Å². The summed E-state index contributed by atoms with van der Waals surface area (Å²) >= 11 is 0. The molecule has 2 heterocycles. The second kappa shape index (κ2) is 8.94. The fourth-order valence-corrected chi connectivity index (χ4v) is 6.35. The second-order valence-electron chi connectivity index (χ2n) is 10.0. The fourth-order valence-electron chi connectivity index (χ4n) is 6.35. The number of ether oxygens (including phenoxy) is 1. The number of hydrogen-bond acceptors (Lipinski definition) is 3. The molecule has 0 bridgehead atoms. The smallest absolute Gasteiger partial charge is 0.233 e. The van der Waals surface area contributed by atoms with E-state index < -0.39 is 0 Å². The van der Waals surface area contributed by atoms with Gasteiger partial charge in [-0.1, -0.05) is 61.4 Å². The number of likely N-dealkylation sites (tertiary alicyclic amines) is 1. The summed E-state index contributed by atoms with van der Waals surface area (Å²) in [6.45, 7) is 3.64. The molecule has 1 saturated carbocycles. The molecule has 0 radical (unpaired) electrons. The number of anilines is 1. The van der Waals surface area contributed by atoms with Crippen LogP contribution in [0.15, 0.2) is 60.7 Å².